The third kappa shape index (κ3) is 1.25. The van der Waals surface area contributed by atoms with Gasteiger partial charge in [0.05, 0.1) is 6.20 Å². The number of aromatic amines is 1. The van der Waals surface area contributed by atoms with Crippen LogP contribution in [0.4, 0.5) is 0 Å². The monoisotopic (exact) mass is 168 g/mol. The van der Waals surface area contributed by atoms with Crippen LogP contribution in [0.15, 0.2) is 21.7 Å². The highest BCUT2D eigenvalue weighted by Gasteiger charge is 2.16. The van der Waals surface area contributed by atoms with E-state index in [0.717, 1.165) is 25.1 Å². The summed E-state index contributed by atoms with van der Waals surface area (Å²) < 4.78 is 6.12. The van der Waals surface area contributed by atoms with Crippen molar-refractivity contribution in [1.82, 2.24) is 10.6 Å². The first-order chi connectivity index (χ1) is 5.86. The van der Waals surface area contributed by atoms with E-state index >= 15 is 0 Å². The predicted octanol–water partition coefficient (Wildman–Crippen LogP) is -0.563. The molecule has 0 fully saturated rings. The Morgan fingerprint density at radius 2 is 2.50 bits per heavy atom. The number of hydrogen-bond acceptors (Lipinski definition) is 3. The first-order valence-electron chi connectivity index (χ1n) is 3.89. The van der Waals surface area contributed by atoms with Crippen LogP contribution in [0, 0.1) is 0 Å². The van der Waals surface area contributed by atoms with Gasteiger partial charge >= 0.3 is 5.63 Å². The number of aromatic nitrogens is 2. The second-order valence-electron chi connectivity index (χ2n) is 2.70. The van der Waals surface area contributed by atoms with E-state index in [4.69, 9.17) is 0 Å². The van der Waals surface area contributed by atoms with Crippen LogP contribution in [0.5, 0.6) is 0 Å². The van der Waals surface area contributed by atoms with Crippen molar-refractivity contribution >= 4 is 5.70 Å². The van der Waals surface area contributed by atoms with Crippen molar-refractivity contribution in [3.8, 4) is 0 Å². The smallest absolute Gasteiger partial charge is 0.386 e. The van der Waals surface area contributed by atoms with Crippen molar-refractivity contribution < 1.29 is 9.20 Å². The maximum atomic E-state index is 10.7. The first kappa shape index (κ1) is 7.15. The molecule has 0 aromatic carbocycles. The van der Waals surface area contributed by atoms with E-state index in [0.29, 0.717) is 0 Å². The number of H-pyrrole nitrogens is 1. The molecule has 0 spiro atoms. The molecule has 0 saturated heterocycles. The van der Waals surface area contributed by atoms with E-state index in [1.165, 1.54) is 6.20 Å². The lowest BCUT2D eigenvalue weighted by Gasteiger charge is -2.05. The second-order valence-corrected chi connectivity index (χ2v) is 2.70. The lowest BCUT2D eigenvalue weighted by Crippen LogP contribution is -2.37. The topological polar surface area (TPSA) is 61.9 Å². The molecule has 0 radical (unpaired) electrons. The summed E-state index contributed by atoms with van der Waals surface area (Å²) in [5.41, 5.74) is 0.661. The van der Waals surface area contributed by atoms with Crippen LogP contribution >= 0.6 is 0 Å². The summed E-state index contributed by atoms with van der Waals surface area (Å²) in [5.74, 6) is 0. The van der Waals surface area contributed by atoms with E-state index in [-0.39, 0.29) is 5.63 Å². The van der Waals surface area contributed by atoms with Crippen molar-refractivity contribution in [2.45, 2.75) is 12.8 Å². The van der Waals surface area contributed by atoms with Crippen molar-refractivity contribution in [2.75, 3.05) is 6.54 Å². The molecular formula is C7H10N3O2+. The fourth-order valence-corrected chi connectivity index (χ4v) is 1.22. The summed E-state index contributed by atoms with van der Waals surface area (Å²) in [6.45, 7) is 0.992. The molecule has 2 N–H and O–H groups in total. The molecule has 0 bridgehead atoms. The first-order valence-corrected chi connectivity index (χ1v) is 3.89. The van der Waals surface area contributed by atoms with E-state index in [9.17, 15) is 4.79 Å². The lowest BCUT2D eigenvalue weighted by molar-refractivity contribution is -0.659. The molecule has 5 nitrogen and oxygen atoms in total. The average molecular weight is 168 g/mol. The van der Waals surface area contributed by atoms with Crippen molar-refractivity contribution in [1.29, 1.82) is 0 Å². The van der Waals surface area contributed by atoms with Gasteiger partial charge in [-0.05, 0) is 16.4 Å². The molecule has 5 heteroatoms. The zero-order valence-corrected chi connectivity index (χ0v) is 6.54. The molecule has 0 aliphatic carbocycles. The highest BCUT2D eigenvalue weighted by Crippen LogP contribution is 2.05. The molecule has 0 amide bonds. The van der Waals surface area contributed by atoms with Gasteiger partial charge in [0.2, 0.25) is 5.70 Å². The number of hydrogen-bond donors (Lipinski definition) is 2. The Morgan fingerprint density at radius 3 is 3.08 bits per heavy atom. The van der Waals surface area contributed by atoms with E-state index in [2.05, 4.69) is 15.1 Å². The average Bonchev–Trinajstić information content (AvgIpc) is 2.54. The lowest BCUT2D eigenvalue weighted by atomic mass is 10.2. The van der Waals surface area contributed by atoms with Crippen LogP contribution in [0.3, 0.4) is 0 Å². The van der Waals surface area contributed by atoms with Crippen molar-refractivity contribution in [3.05, 3.63) is 22.8 Å². The number of rotatable bonds is 1. The number of nitrogens with one attached hydrogen (secondary N) is 2. The molecule has 1 aromatic rings. The molecule has 12 heavy (non-hydrogen) atoms. The third-order valence-electron chi connectivity index (χ3n) is 1.81. The molecule has 0 unspecified atom stereocenters. The third-order valence-corrected chi connectivity index (χ3v) is 1.81. The van der Waals surface area contributed by atoms with Crippen LogP contribution in [-0.4, -0.2) is 11.8 Å². The van der Waals surface area contributed by atoms with Gasteiger partial charge in [-0.15, -0.1) is 0 Å². The zero-order chi connectivity index (χ0) is 8.39. The van der Waals surface area contributed by atoms with Crippen LogP contribution < -0.4 is 15.6 Å². The summed E-state index contributed by atoms with van der Waals surface area (Å²) in [5, 5.41) is 5.59. The fourth-order valence-electron chi connectivity index (χ4n) is 1.22. The van der Waals surface area contributed by atoms with Crippen molar-refractivity contribution in [2.24, 2.45) is 0 Å². The van der Waals surface area contributed by atoms with E-state index in [1.54, 1.807) is 4.68 Å². The normalized spacial score (nSPS) is 16.8. The van der Waals surface area contributed by atoms with Gasteiger partial charge in [0.25, 0.3) is 6.20 Å². The second kappa shape index (κ2) is 2.84. The van der Waals surface area contributed by atoms with Crippen LogP contribution in [0.1, 0.15) is 12.8 Å². The molecule has 1 aromatic heterocycles. The van der Waals surface area contributed by atoms with Gasteiger partial charge in [-0.3, -0.25) is 4.52 Å². The van der Waals surface area contributed by atoms with E-state index in [1.807, 2.05) is 6.20 Å². The summed E-state index contributed by atoms with van der Waals surface area (Å²) in [7, 11) is 0. The molecule has 1 aliphatic rings. The Morgan fingerprint density at radius 1 is 1.58 bits per heavy atom. The van der Waals surface area contributed by atoms with Gasteiger partial charge in [-0.2, -0.15) is 0 Å². The molecule has 0 saturated carbocycles. The van der Waals surface area contributed by atoms with Crippen LogP contribution in [-0.2, 0) is 0 Å². The number of allylic oxidation sites excluding steroid dienone is 1. The molecule has 2 rings (SSSR count). The van der Waals surface area contributed by atoms with Crippen LogP contribution in [0.2, 0.25) is 0 Å². The predicted molar refractivity (Wildman–Crippen MR) is 41.0 cm³/mol. The molecule has 0 atom stereocenters. The minimum atomic E-state index is -0.360. The Kier molecular flexibility index (Phi) is 1.69. The quantitative estimate of drug-likeness (QED) is 0.552. The fraction of sp³-hybridized carbons (Fsp3) is 0.429. The largest absolute Gasteiger partial charge is 0.427 e. The number of nitrogens with zero attached hydrogens (tertiary/aromatic N) is 1. The standard InChI is InChI=1S/C7H9N3O2/c11-7-5-10(9-12-7)6-2-1-3-8-4-6/h4-5H,1-3H2,(H-,8,9,11)/p+1. The maximum Gasteiger partial charge on any atom is 0.427 e. The van der Waals surface area contributed by atoms with Crippen LogP contribution in [0.25, 0.3) is 5.70 Å². The highest BCUT2D eigenvalue weighted by molar-refractivity contribution is 5.32. The molecule has 1 aliphatic heterocycles. The molecule has 2 heterocycles. The molecular weight excluding hydrogens is 158 g/mol. The van der Waals surface area contributed by atoms with Crippen molar-refractivity contribution in [3.63, 3.8) is 0 Å². The maximum absolute atomic E-state index is 10.7. The van der Waals surface area contributed by atoms with E-state index < -0.39 is 0 Å². The Balaban J connectivity index is 2.29. The Bertz CT molecular complexity index is 350. The molecule has 64 valence electrons. The van der Waals surface area contributed by atoms with Gasteiger partial charge in [0.1, 0.15) is 0 Å². The van der Waals surface area contributed by atoms with Gasteiger partial charge in [-0.25, -0.2) is 4.79 Å². The Labute approximate surface area is 68.6 Å². The van der Waals surface area contributed by atoms with Gasteiger partial charge in [0, 0.05) is 13.0 Å². The summed E-state index contributed by atoms with van der Waals surface area (Å²) >= 11 is 0. The van der Waals surface area contributed by atoms with Gasteiger partial charge in [0.15, 0.2) is 0 Å². The summed E-state index contributed by atoms with van der Waals surface area (Å²) in [4.78, 5) is 10.7. The summed E-state index contributed by atoms with van der Waals surface area (Å²) in [6, 6.07) is 0. The summed E-state index contributed by atoms with van der Waals surface area (Å²) in [6.07, 6.45) is 5.30. The zero-order valence-electron chi connectivity index (χ0n) is 6.54. The van der Waals surface area contributed by atoms with Gasteiger partial charge < -0.3 is 5.32 Å². The minimum absolute atomic E-state index is 0.360. The highest BCUT2D eigenvalue weighted by atomic mass is 16.5. The SMILES string of the molecule is O=c1c[n+](C2=CNCCC2)[nH]o1. The Hall–Kier alpha value is -1.52. The van der Waals surface area contributed by atoms with Gasteiger partial charge in [-0.1, -0.05) is 0 Å². The minimum Gasteiger partial charge on any atom is -0.386 e.